The molecule has 3 nitrogen and oxygen atoms in total. The number of anilines is 1. The molecule has 0 aliphatic rings. The second-order valence-corrected chi connectivity index (χ2v) is 6.03. The van der Waals surface area contributed by atoms with Gasteiger partial charge in [0.1, 0.15) is 0 Å². The van der Waals surface area contributed by atoms with Gasteiger partial charge >= 0.3 is 0 Å². The summed E-state index contributed by atoms with van der Waals surface area (Å²) in [5.74, 6) is -0.219. The van der Waals surface area contributed by atoms with E-state index in [4.69, 9.17) is 17.3 Å². The molecule has 0 saturated heterocycles. The van der Waals surface area contributed by atoms with Crippen molar-refractivity contribution in [3.63, 3.8) is 0 Å². The number of hydrogen-bond acceptors (Lipinski definition) is 3. The minimum atomic E-state index is -0.676. The SMILES string of the molecule is Nc1c(C(=O)Cl)cccc1C(=O)c1ccccc1Cc1ccccc1. The molecule has 0 saturated carbocycles. The molecule has 3 aromatic carbocycles. The number of nitrogen functional groups attached to an aromatic ring is 1. The van der Waals surface area contributed by atoms with Crippen LogP contribution in [0.5, 0.6) is 0 Å². The summed E-state index contributed by atoms with van der Waals surface area (Å²) in [7, 11) is 0. The molecule has 0 aliphatic heterocycles. The van der Waals surface area contributed by atoms with Crippen molar-refractivity contribution in [3.05, 3.63) is 101 Å². The van der Waals surface area contributed by atoms with Gasteiger partial charge in [0.25, 0.3) is 5.24 Å². The highest BCUT2D eigenvalue weighted by atomic mass is 35.5. The van der Waals surface area contributed by atoms with E-state index in [2.05, 4.69) is 0 Å². The molecule has 0 heterocycles. The predicted octanol–water partition coefficient (Wildman–Crippen LogP) is 4.47. The Morgan fingerprint density at radius 2 is 1.36 bits per heavy atom. The summed E-state index contributed by atoms with van der Waals surface area (Å²) in [5, 5.41) is -0.676. The van der Waals surface area contributed by atoms with E-state index in [1.165, 1.54) is 6.07 Å². The highest BCUT2D eigenvalue weighted by Gasteiger charge is 2.19. The molecule has 3 aromatic rings. The lowest BCUT2D eigenvalue weighted by Gasteiger charge is -2.12. The number of benzene rings is 3. The van der Waals surface area contributed by atoms with Crippen molar-refractivity contribution >= 4 is 28.3 Å². The van der Waals surface area contributed by atoms with Gasteiger partial charge < -0.3 is 5.73 Å². The fraction of sp³-hybridized carbons (Fsp3) is 0.0476. The number of para-hydroxylation sites is 1. The Labute approximate surface area is 151 Å². The van der Waals surface area contributed by atoms with Gasteiger partial charge in [-0.15, -0.1) is 0 Å². The molecule has 2 N–H and O–H groups in total. The van der Waals surface area contributed by atoms with Crippen molar-refractivity contribution in [2.45, 2.75) is 6.42 Å². The number of ketones is 1. The molecule has 0 spiro atoms. The van der Waals surface area contributed by atoms with Crippen LogP contribution in [0.1, 0.15) is 37.4 Å². The van der Waals surface area contributed by atoms with Gasteiger partial charge in [-0.2, -0.15) is 0 Å². The van der Waals surface area contributed by atoms with E-state index in [-0.39, 0.29) is 22.6 Å². The first-order valence-electron chi connectivity index (χ1n) is 7.83. The Kier molecular flexibility index (Phi) is 4.96. The van der Waals surface area contributed by atoms with Gasteiger partial charge in [0.15, 0.2) is 5.78 Å². The van der Waals surface area contributed by atoms with Gasteiger partial charge in [-0.25, -0.2) is 0 Å². The minimum Gasteiger partial charge on any atom is -0.398 e. The van der Waals surface area contributed by atoms with Crippen molar-refractivity contribution in [1.82, 2.24) is 0 Å². The van der Waals surface area contributed by atoms with Crippen LogP contribution in [0.3, 0.4) is 0 Å². The van der Waals surface area contributed by atoms with Crippen LogP contribution in [0.25, 0.3) is 0 Å². The zero-order valence-electron chi connectivity index (χ0n) is 13.4. The predicted molar refractivity (Wildman–Crippen MR) is 100 cm³/mol. The van der Waals surface area contributed by atoms with Crippen LogP contribution in [-0.4, -0.2) is 11.0 Å². The van der Waals surface area contributed by atoms with E-state index < -0.39 is 5.24 Å². The maximum absolute atomic E-state index is 13.0. The summed E-state index contributed by atoms with van der Waals surface area (Å²) >= 11 is 5.54. The lowest BCUT2D eigenvalue weighted by atomic mass is 9.93. The average molecular weight is 350 g/mol. The lowest BCUT2D eigenvalue weighted by Crippen LogP contribution is -2.11. The first kappa shape index (κ1) is 16.9. The Hall–Kier alpha value is -2.91. The second-order valence-electron chi connectivity index (χ2n) is 5.69. The standard InChI is InChI=1S/C21H16ClNO2/c22-21(25)18-12-6-11-17(19(18)23)20(24)16-10-5-4-9-15(16)13-14-7-2-1-3-8-14/h1-12H,13,23H2. The van der Waals surface area contributed by atoms with Crippen LogP contribution in [0.15, 0.2) is 72.8 Å². The molecule has 4 heteroatoms. The lowest BCUT2D eigenvalue weighted by molar-refractivity contribution is 0.103. The molecule has 0 aliphatic carbocycles. The fourth-order valence-corrected chi connectivity index (χ4v) is 2.96. The minimum absolute atomic E-state index is 0.113. The quantitative estimate of drug-likeness (QED) is 0.420. The normalized spacial score (nSPS) is 10.4. The van der Waals surface area contributed by atoms with E-state index >= 15 is 0 Å². The summed E-state index contributed by atoms with van der Waals surface area (Å²) in [6, 6.07) is 22.1. The van der Waals surface area contributed by atoms with E-state index in [0.717, 1.165) is 11.1 Å². The van der Waals surface area contributed by atoms with Gasteiger partial charge in [-0.3, -0.25) is 9.59 Å². The van der Waals surface area contributed by atoms with Crippen LogP contribution in [-0.2, 0) is 6.42 Å². The number of carbonyl (C=O) groups is 2. The van der Waals surface area contributed by atoms with Crippen molar-refractivity contribution in [1.29, 1.82) is 0 Å². The smallest absolute Gasteiger partial charge is 0.254 e. The van der Waals surface area contributed by atoms with Crippen LogP contribution in [0.4, 0.5) is 5.69 Å². The number of carbonyl (C=O) groups excluding carboxylic acids is 2. The Morgan fingerprint density at radius 3 is 2.08 bits per heavy atom. The number of hydrogen-bond donors (Lipinski definition) is 1. The third kappa shape index (κ3) is 3.62. The summed E-state index contributed by atoms with van der Waals surface area (Å²) < 4.78 is 0. The zero-order chi connectivity index (χ0) is 17.8. The van der Waals surface area contributed by atoms with Crippen LogP contribution < -0.4 is 5.73 Å². The Morgan fingerprint density at radius 1 is 0.760 bits per heavy atom. The molecular formula is C21H16ClNO2. The molecule has 0 unspecified atom stereocenters. The zero-order valence-corrected chi connectivity index (χ0v) is 14.2. The Bertz CT molecular complexity index is 936. The highest BCUT2D eigenvalue weighted by Crippen LogP contribution is 2.24. The van der Waals surface area contributed by atoms with Crippen LogP contribution >= 0.6 is 11.6 Å². The monoisotopic (exact) mass is 349 g/mol. The Balaban J connectivity index is 2.02. The van der Waals surface area contributed by atoms with Gasteiger partial charge in [-0.1, -0.05) is 60.7 Å². The topological polar surface area (TPSA) is 60.2 Å². The molecule has 0 fully saturated rings. The average Bonchev–Trinajstić information content (AvgIpc) is 2.62. The molecule has 3 rings (SSSR count). The molecule has 124 valence electrons. The summed E-state index contributed by atoms with van der Waals surface area (Å²) in [6.45, 7) is 0. The number of halogens is 1. The molecule has 0 bridgehead atoms. The summed E-state index contributed by atoms with van der Waals surface area (Å²) in [6.07, 6.45) is 0.636. The molecule has 0 aromatic heterocycles. The van der Waals surface area contributed by atoms with Gasteiger partial charge in [0.05, 0.1) is 11.3 Å². The molecule has 25 heavy (non-hydrogen) atoms. The summed E-state index contributed by atoms with van der Waals surface area (Å²) in [4.78, 5) is 24.5. The second kappa shape index (κ2) is 7.32. The van der Waals surface area contributed by atoms with Gasteiger partial charge in [0.2, 0.25) is 0 Å². The number of rotatable bonds is 5. The summed E-state index contributed by atoms with van der Waals surface area (Å²) in [5.41, 5.74) is 9.12. The largest absolute Gasteiger partial charge is 0.398 e. The van der Waals surface area contributed by atoms with Gasteiger partial charge in [0, 0.05) is 11.1 Å². The van der Waals surface area contributed by atoms with Crippen molar-refractivity contribution in [3.8, 4) is 0 Å². The van der Waals surface area contributed by atoms with Crippen molar-refractivity contribution < 1.29 is 9.59 Å². The van der Waals surface area contributed by atoms with E-state index in [1.54, 1.807) is 18.2 Å². The first-order valence-corrected chi connectivity index (χ1v) is 8.20. The third-order valence-corrected chi connectivity index (χ3v) is 4.27. The maximum atomic E-state index is 13.0. The van der Waals surface area contributed by atoms with E-state index in [1.807, 2.05) is 48.5 Å². The van der Waals surface area contributed by atoms with Crippen molar-refractivity contribution in [2.24, 2.45) is 0 Å². The van der Waals surface area contributed by atoms with E-state index in [9.17, 15) is 9.59 Å². The maximum Gasteiger partial charge on any atom is 0.254 e. The van der Waals surface area contributed by atoms with Crippen LogP contribution in [0, 0.1) is 0 Å². The molecular weight excluding hydrogens is 334 g/mol. The number of nitrogens with two attached hydrogens (primary N) is 1. The van der Waals surface area contributed by atoms with Crippen LogP contribution in [0.2, 0.25) is 0 Å². The van der Waals surface area contributed by atoms with Crippen molar-refractivity contribution in [2.75, 3.05) is 5.73 Å². The fourth-order valence-electron chi connectivity index (χ4n) is 2.79. The molecule has 0 radical (unpaired) electrons. The first-order chi connectivity index (χ1) is 12.1. The molecule has 0 atom stereocenters. The third-order valence-electron chi connectivity index (χ3n) is 4.06. The van der Waals surface area contributed by atoms with E-state index in [0.29, 0.717) is 12.0 Å². The highest BCUT2D eigenvalue weighted by molar-refractivity contribution is 6.68. The van der Waals surface area contributed by atoms with Gasteiger partial charge in [-0.05, 0) is 41.3 Å². The molecule has 0 amide bonds.